The second-order valence-corrected chi connectivity index (χ2v) is 6.77. The number of aromatic nitrogens is 2. The van der Waals surface area contributed by atoms with E-state index in [2.05, 4.69) is 21.6 Å². The third-order valence-electron chi connectivity index (χ3n) is 4.33. The average molecular weight is 526 g/mol. The molecule has 1 heterocycles. The number of nitrogens with zero attached hydrogens (tertiary/aromatic N) is 3. The van der Waals surface area contributed by atoms with Gasteiger partial charge >= 0.3 is 0 Å². The van der Waals surface area contributed by atoms with Crippen molar-refractivity contribution in [1.29, 1.82) is 0 Å². The van der Waals surface area contributed by atoms with Crippen molar-refractivity contribution < 1.29 is 4.74 Å². The Balaban J connectivity index is 0.00000300. The molecule has 3 rings (SSSR count). The maximum atomic E-state index is 6.12. The van der Waals surface area contributed by atoms with Gasteiger partial charge in [-0.25, -0.2) is 4.68 Å². The minimum absolute atomic E-state index is 0. The summed E-state index contributed by atoms with van der Waals surface area (Å²) in [5.74, 6) is 0.979. The van der Waals surface area contributed by atoms with E-state index in [-0.39, 0.29) is 24.0 Å². The van der Waals surface area contributed by atoms with Crippen LogP contribution in [0.5, 0.6) is 5.75 Å². The average Bonchev–Trinajstić information content (AvgIpc) is 3.07. The first-order chi connectivity index (χ1) is 13.6. The summed E-state index contributed by atoms with van der Waals surface area (Å²) in [6.45, 7) is 2.65. The Morgan fingerprint density at radius 2 is 2.00 bits per heavy atom. The van der Waals surface area contributed by atoms with E-state index in [9.17, 15) is 0 Å². The number of aryl methyl sites for hydroxylation is 2. The zero-order chi connectivity index (χ0) is 19.9. The highest BCUT2D eigenvalue weighted by Crippen LogP contribution is 2.27. The first-order valence-corrected chi connectivity index (χ1v) is 9.45. The molecule has 29 heavy (non-hydrogen) atoms. The fourth-order valence-corrected chi connectivity index (χ4v) is 3.11. The predicted octanol–water partition coefficient (Wildman–Crippen LogP) is 4.82. The number of nitrogens with two attached hydrogens (primary N) is 1. The Bertz CT molecular complexity index is 959. The molecule has 0 fully saturated rings. The molecule has 0 amide bonds. The number of anilines is 1. The largest absolute Gasteiger partial charge is 0.495 e. The van der Waals surface area contributed by atoms with Crippen LogP contribution in [0.25, 0.3) is 5.69 Å². The van der Waals surface area contributed by atoms with E-state index in [1.54, 1.807) is 19.2 Å². The molecule has 0 aliphatic heterocycles. The number of halogens is 2. The van der Waals surface area contributed by atoms with E-state index in [1.807, 2.05) is 48.0 Å². The van der Waals surface area contributed by atoms with Crippen molar-refractivity contribution in [3.63, 3.8) is 0 Å². The molecule has 0 saturated heterocycles. The summed E-state index contributed by atoms with van der Waals surface area (Å²) >= 11 is 6.12. The molecule has 8 heteroatoms. The van der Waals surface area contributed by atoms with Crippen molar-refractivity contribution in [3.8, 4) is 11.4 Å². The zero-order valence-electron chi connectivity index (χ0n) is 16.4. The molecule has 0 aliphatic carbocycles. The molecular formula is C21H25ClIN5O. The molecule has 3 aromatic rings. The van der Waals surface area contributed by atoms with E-state index >= 15 is 0 Å². The van der Waals surface area contributed by atoms with Crippen molar-refractivity contribution in [2.24, 2.45) is 10.7 Å². The number of aliphatic imine (C=N–C) groups is 1. The quantitative estimate of drug-likeness (QED) is 0.201. The highest BCUT2D eigenvalue weighted by atomic mass is 127. The van der Waals surface area contributed by atoms with Crippen LogP contribution < -0.4 is 15.8 Å². The van der Waals surface area contributed by atoms with Crippen molar-refractivity contribution >= 4 is 47.2 Å². The van der Waals surface area contributed by atoms with Crippen LogP contribution in [0.4, 0.5) is 5.69 Å². The number of benzene rings is 2. The summed E-state index contributed by atoms with van der Waals surface area (Å²) in [7, 11) is 1.58. The number of para-hydroxylation sites is 1. The van der Waals surface area contributed by atoms with Gasteiger partial charge in [-0.05, 0) is 55.7 Å². The van der Waals surface area contributed by atoms with Gasteiger partial charge in [-0.1, -0.05) is 29.8 Å². The fourth-order valence-electron chi connectivity index (χ4n) is 2.85. The second kappa shape index (κ2) is 11.1. The lowest BCUT2D eigenvalue weighted by Crippen LogP contribution is -2.22. The highest BCUT2D eigenvalue weighted by molar-refractivity contribution is 14.0. The molecular weight excluding hydrogens is 501 g/mol. The standard InChI is InChI=1S/C21H24ClN5O.HI/c1-15-16(14-27(26-15)18-8-4-3-5-9-18)7-6-12-24-21(23)25-17-10-11-20(28-2)19(22)13-17;/h3-5,8-11,13-14H,6-7,12H2,1-2H3,(H3,23,24,25);1H. The number of methoxy groups -OCH3 is 1. The van der Waals surface area contributed by atoms with Gasteiger partial charge in [0.05, 0.1) is 23.5 Å². The summed E-state index contributed by atoms with van der Waals surface area (Å²) < 4.78 is 7.05. The number of hydrogen-bond acceptors (Lipinski definition) is 3. The Morgan fingerprint density at radius 3 is 2.69 bits per heavy atom. The van der Waals surface area contributed by atoms with Crippen molar-refractivity contribution in [3.05, 3.63) is 71.0 Å². The number of ether oxygens (including phenoxy) is 1. The smallest absolute Gasteiger partial charge is 0.193 e. The summed E-state index contributed by atoms with van der Waals surface area (Å²) in [5.41, 5.74) is 10.0. The molecule has 0 aliphatic rings. The Morgan fingerprint density at radius 1 is 1.24 bits per heavy atom. The van der Waals surface area contributed by atoms with Crippen LogP contribution in [-0.2, 0) is 6.42 Å². The minimum atomic E-state index is 0. The molecule has 0 atom stereocenters. The van der Waals surface area contributed by atoms with Crippen LogP contribution >= 0.6 is 35.6 Å². The normalized spacial score (nSPS) is 11.1. The van der Waals surface area contributed by atoms with Gasteiger partial charge in [0.2, 0.25) is 0 Å². The Labute approximate surface area is 193 Å². The lowest BCUT2D eigenvalue weighted by Gasteiger charge is -2.08. The van der Waals surface area contributed by atoms with Crippen molar-refractivity contribution in [2.75, 3.05) is 19.0 Å². The van der Waals surface area contributed by atoms with E-state index in [0.717, 1.165) is 29.9 Å². The summed E-state index contributed by atoms with van der Waals surface area (Å²) in [6, 6.07) is 15.5. The van der Waals surface area contributed by atoms with E-state index in [0.29, 0.717) is 23.3 Å². The van der Waals surface area contributed by atoms with Crippen molar-refractivity contribution in [2.45, 2.75) is 19.8 Å². The lowest BCUT2D eigenvalue weighted by molar-refractivity contribution is 0.415. The van der Waals surface area contributed by atoms with E-state index in [1.165, 1.54) is 5.56 Å². The first kappa shape index (κ1) is 23.0. The van der Waals surface area contributed by atoms with Gasteiger partial charge in [0.15, 0.2) is 5.96 Å². The van der Waals surface area contributed by atoms with Crippen LogP contribution in [-0.4, -0.2) is 29.4 Å². The summed E-state index contributed by atoms with van der Waals surface area (Å²) in [6.07, 6.45) is 3.85. The van der Waals surface area contributed by atoms with Gasteiger partial charge in [0.25, 0.3) is 0 Å². The molecule has 0 saturated carbocycles. The van der Waals surface area contributed by atoms with Crippen LogP contribution in [0.2, 0.25) is 5.02 Å². The number of rotatable bonds is 7. The molecule has 6 nitrogen and oxygen atoms in total. The third-order valence-corrected chi connectivity index (χ3v) is 4.63. The van der Waals surface area contributed by atoms with E-state index in [4.69, 9.17) is 22.1 Å². The maximum absolute atomic E-state index is 6.12. The van der Waals surface area contributed by atoms with Gasteiger partial charge in [0, 0.05) is 18.4 Å². The van der Waals surface area contributed by atoms with Gasteiger partial charge in [-0.3, -0.25) is 4.99 Å². The fraction of sp³-hybridized carbons (Fsp3) is 0.238. The molecule has 154 valence electrons. The number of nitrogens with one attached hydrogen (secondary N) is 1. The van der Waals surface area contributed by atoms with Gasteiger partial charge in [0.1, 0.15) is 5.75 Å². The zero-order valence-corrected chi connectivity index (χ0v) is 19.5. The first-order valence-electron chi connectivity index (χ1n) is 9.08. The molecule has 1 aromatic heterocycles. The maximum Gasteiger partial charge on any atom is 0.193 e. The van der Waals surface area contributed by atoms with Gasteiger partial charge in [-0.2, -0.15) is 5.10 Å². The van der Waals surface area contributed by atoms with E-state index < -0.39 is 0 Å². The lowest BCUT2D eigenvalue weighted by atomic mass is 10.1. The third kappa shape index (κ3) is 6.37. The topological polar surface area (TPSA) is 77.5 Å². The monoisotopic (exact) mass is 525 g/mol. The van der Waals surface area contributed by atoms with Crippen LogP contribution in [0, 0.1) is 6.92 Å². The predicted molar refractivity (Wildman–Crippen MR) is 130 cm³/mol. The molecule has 0 bridgehead atoms. The molecule has 2 aromatic carbocycles. The highest BCUT2D eigenvalue weighted by Gasteiger charge is 2.06. The minimum Gasteiger partial charge on any atom is -0.495 e. The van der Waals surface area contributed by atoms with Gasteiger partial charge in [-0.15, -0.1) is 24.0 Å². The summed E-state index contributed by atoms with van der Waals surface area (Å²) in [4.78, 5) is 4.38. The molecule has 0 radical (unpaired) electrons. The van der Waals surface area contributed by atoms with Crippen molar-refractivity contribution in [1.82, 2.24) is 9.78 Å². The SMILES string of the molecule is COc1ccc(NC(N)=NCCCc2cn(-c3ccccc3)nc2C)cc1Cl.I. The van der Waals surface area contributed by atoms with Crippen LogP contribution in [0.1, 0.15) is 17.7 Å². The second-order valence-electron chi connectivity index (χ2n) is 6.36. The number of hydrogen-bond donors (Lipinski definition) is 2. The van der Waals surface area contributed by atoms with Crippen LogP contribution in [0.15, 0.2) is 59.7 Å². The molecule has 0 unspecified atom stereocenters. The Kier molecular flexibility index (Phi) is 8.78. The van der Waals surface area contributed by atoms with Crippen LogP contribution in [0.3, 0.4) is 0 Å². The summed E-state index contributed by atoms with van der Waals surface area (Å²) in [5, 5.41) is 8.15. The number of guanidine groups is 1. The Hall–Kier alpha value is -2.26. The van der Waals surface area contributed by atoms with Gasteiger partial charge < -0.3 is 15.8 Å². The molecule has 0 spiro atoms. The molecule has 3 N–H and O–H groups in total.